The van der Waals surface area contributed by atoms with Crippen molar-refractivity contribution in [3.63, 3.8) is 0 Å². The van der Waals surface area contributed by atoms with Crippen LogP contribution in [-0.2, 0) is 17.7 Å². The zero-order valence-electron chi connectivity index (χ0n) is 11.0. The van der Waals surface area contributed by atoms with Crippen LogP contribution in [0.15, 0.2) is 24.3 Å². The fourth-order valence-corrected chi connectivity index (χ4v) is 2.56. The van der Waals surface area contributed by atoms with Gasteiger partial charge in [0.1, 0.15) is 0 Å². The average molecular weight is 298 g/mol. The summed E-state index contributed by atoms with van der Waals surface area (Å²) in [5.41, 5.74) is 2.94. The molecule has 0 atom stereocenters. The molecule has 0 aliphatic carbocycles. The van der Waals surface area contributed by atoms with E-state index in [-0.39, 0.29) is 6.54 Å². The highest BCUT2D eigenvalue weighted by molar-refractivity contribution is 5.85. The minimum atomic E-state index is -4.50. The number of benzene rings is 1. The number of ether oxygens (including phenoxy) is 1. The second-order valence-corrected chi connectivity index (χ2v) is 4.97. The van der Waals surface area contributed by atoms with Gasteiger partial charge in [0, 0.05) is 35.1 Å². The van der Waals surface area contributed by atoms with Crippen LogP contribution in [0.3, 0.4) is 0 Å². The summed E-state index contributed by atoms with van der Waals surface area (Å²) >= 11 is 0. The number of nitrogens with one attached hydrogen (secondary N) is 1. The van der Waals surface area contributed by atoms with Crippen LogP contribution in [0.25, 0.3) is 10.9 Å². The molecule has 1 aromatic carbocycles. The maximum Gasteiger partial charge on any atom is 0.422 e. The van der Waals surface area contributed by atoms with E-state index < -0.39 is 18.9 Å². The number of carbonyl (C=O) groups excluding carboxylic acids is 1. The molecular formula is C14H13F3N2O2. The van der Waals surface area contributed by atoms with E-state index in [1.54, 1.807) is 0 Å². The predicted octanol–water partition coefficient (Wildman–Crippen LogP) is 3.22. The van der Waals surface area contributed by atoms with E-state index in [9.17, 15) is 18.0 Å². The average Bonchev–Trinajstić information content (AvgIpc) is 2.81. The third kappa shape index (κ3) is 2.81. The van der Waals surface area contributed by atoms with Gasteiger partial charge in [-0.1, -0.05) is 18.2 Å². The molecule has 0 fully saturated rings. The van der Waals surface area contributed by atoms with Crippen LogP contribution in [0.1, 0.15) is 11.3 Å². The predicted molar refractivity (Wildman–Crippen MR) is 69.8 cm³/mol. The second-order valence-electron chi connectivity index (χ2n) is 4.97. The Morgan fingerprint density at radius 1 is 1.33 bits per heavy atom. The first-order valence-electron chi connectivity index (χ1n) is 6.51. The van der Waals surface area contributed by atoms with E-state index in [1.165, 1.54) is 4.90 Å². The Balaban J connectivity index is 1.76. The Bertz CT molecular complexity index is 678. The van der Waals surface area contributed by atoms with Gasteiger partial charge >= 0.3 is 12.3 Å². The van der Waals surface area contributed by atoms with Gasteiger partial charge in [-0.2, -0.15) is 13.2 Å². The summed E-state index contributed by atoms with van der Waals surface area (Å²) in [5.74, 6) is 0. The molecule has 2 aromatic rings. The number of fused-ring (bicyclic) bond motifs is 3. The smallest absolute Gasteiger partial charge is 0.422 e. The number of hydrogen-bond donors (Lipinski definition) is 1. The van der Waals surface area contributed by atoms with E-state index in [0.29, 0.717) is 13.0 Å². The van der Waals surface area contributed by atoms with Crippen LogP contribution in [0.5, 0.6) is 0 Å². The Kier molecular flexibility index (Phi) is 3.27. The molecule has 2 heterocycles. The number of amides is 1. The second kappa shape index (κ2) is 4.98. The summed E-state index contributed by atoms with van der Waals surface area (Å²) in [6.45, 7) is -0.949. The molecule has 0 spiro atoms. The largest absolute Gasteiger partial charge is 0.440 e. The minimum absolute atomic E-state index is 0.260. The first kappa shape index (κ1) is 13.8. The van der Waals surface area contributed by atoms with Crippen LogP contribution in [0, 0.1) is 0 Å². The maximum absolute atomic E-state index is 12.1. The van der Waals surface area contributed by atoms with Crippen molar-refractivity contribution in [2.75, 3.05) is 13.2 Å². The van der Waals surface area contributed by atoms with E-state index in [1.807, 2.05) is 24.3 Å². The topological polar surface area (TPSA) is 45.3 Å². The third-order valence-corrected chi connectivity index (χ3v) is 3.50. The Hall–Kier alpha value is -2.18. The molecule has 7 heteroatoms. The molecule has 4 nitrogen and oxygen atoms in total. The van der Waals surface area contributed by atoms with E-state index >= 15 is 0 Å². The SMILES string of the molecule is O=C(OCC(F)(F)F)N1CCc2[nH]c3ccccc3c2C1. The number of rotatable bonds is 1. The Morgan fingerprint density at radius 3 is 2.86 bits per heavy atom. The van der Waals surface area contributed by atoms with Crippen LogP contribution in [-0.4, -0.2) is 35.3 Å². The number of para-hydroxylation sites is 1. The van der Waals surface area contributed by atoms with Gasteiger partial charge in [-0.3, -0.25) is 0 Å². The lowest BCUT2D eigenvalue weighted by molar-refractivity contribution is -0.162. The monoisotopic (exact) mass is 298 g/mol. The standard InChI is InChI=1S/C14H13F3N2O2/c15-14(16,17)8-21-13(20)19-6-5-12-10(7-19)9-3-1-2-4-11(9)18-12/h1-4,18H,5-8H2. The molecule has 1 N–H and O–H groups in total. The fourth-order valence-electron chi connectivity index (χ4n) is 2.56. The van der Waals surface area contributed by atoms with Crippen molar-refractivity contribution in [2.24, 2.45) is 0 Å². The molecule has 0 saturated heterocycles. The Morgan fingerprint density at radius 2 is 2.10 bits per heavy atom. The zero-order valence-corrected chi connectivity index (χ0v) is 11.0. The number of alkyl halides is 3. The van der Waals surface area contributed by atoms with Crippen molar-refractivity contribution in [2.45, 2.75) is 19.1 Å². The summed E-state index contributed by atoms with van der Waals surface area (Å²) in [7, 11) is 0. The number of H-pyrrole nitrogens is 1. The van der Waals surface area contributed by atoms with Crippen LogP contribution in [0.2, 0.25) is 0 Å². The number of aromatic nitrogens is 1. The lowest BCUT2D eigenvalue weighted by Crippen LogP contribution is -2.37. The van der Waals surface area contributed by atoms with Crippen molar-refractivity contribution in [3.05, 3.63) is 35.5 Å². The van der Waals surface area contributed by atoms with Gasteiger partial charge in [0.2, 0.25) is 0 Å². The first-order valence-corrected chi connectivity index (χ1v) is 6.51. The van der Waals surface area contributed by atoms with Crippen molar-refractivity contribution < 1.29 is 22.7 Å². The molecule has 1 aliphatic rings. The number of halogens is 3. The molecule has 0 unspecified atom stereocenters. The molecule has 1 aliphatic heterocycles. The summed E-state index contributed by atoms with van der Waals surface area (Å²) in [6.07, 6.45) is -4.86. The highest BCUT2D eigenvalue weighted by atomic mass is 19.4. The summed E-state index contributed by atoms with van der Waals surface area (Å²) in [4.78, 5) is 16.3. The van der Waals surface area contributed by atoms with Gasteiger partial charge in [0.25, 0.3) is 0 Å². The third-order valence-electron chi connectivity index (χ3n) is 3.50. The van der Waals surface area contributed by atoms with E-state index in [0.717, 1.165) is 22.2 Å². The molecule has 0 radical (unpaired) electrons. The first-order chi connectivity index (χ1) is 9.94. The van der Waals surface area contributed by atoms with Gasteiger partial charge < -0.3 is 14.6 Å². The maximum atomic E-state index is 12.1. The van der Waals surface area contributed by atoms with Crippen molar-refractivity contribution in [1.82, 2.24) is 9.88 Å². The number of aromatic amines is 1. The van der Waals surface area contributed by atoms with Crippen molar-refractivity contribution in [3.8, 4) is 0 Å². The minimum Gasteiger partial charge on any atom is -0.440 e. The quantitative estimate of drug-likeness (QED) is 0.878. The molecule has 112 valence electrons. The number of carbonyl (C=O) groups is 1. The van der Waals surface area contributed by atoms with Crippen molar-refractivity contribution in [1.29, 1.82) is 0 Å². The van der Waals surface area contributed by atoms with Gasteiger partial charge in [0.05, 0.1) is 6.54 Å². The van der Waals surface area contributed by atoms with E-state index in [2.05, 4.69) is 9.72 Å². The van der Waals surface area contributed by atoms with Gasteiger partial charge in [-0.25, -0.2) is 4.79 Å². The molecule has 3 rings (SSSR count). The molecular weight excluding hydrogens is 285 g/mol. The molecule has 1 amide bonds. The van der Waals surface area contributed by atoms with Crippen LogP contribution < -0.4 is 0 Å². The van der Waals surface area contributed by atoms with Gasteiger partial charge in [-0.05, 0) is 6.07 Å². The number of hydrogen-bond acceptors (Lipinski definition) is 2. The molecule has 0 bridgehead atoms. The summed E-state index contributed by atoms with van der Waals surface area (Å²) in [5, 5.41) is 0.987. The fraction of sp³-hybridized carbons (Fsp3) is 0.357. The lowest BCUT2D eigenvalue weighted by atomic mass is 10.1. The highest BCUT2D eigenvalue weighted by Crippen LogP contribution is 2.28. The van der Waals surface area contributed by atoms with Crippen molar-refractivity contribution >= 4 is 17.0 Å². The van der Waals surface area contributed by atoms with E-state index in [4.69, 9.17) is 0 Å². The van der Waals surface area contributed by atoms with Gasteiger partial charge in [-0.15, -0.1) is 0 Å². The number of nitrogens with zero attached hydrogens (tertiary/aromatic N) is 1. The Labute approximate surface area is 118 Å². The zero-order chi connectivity index (χ0) is 15.0. The van der Waals surface area contributed by atoms with Gasteiger partial charge in [0.15, 0.2) is 6.61 Å². The van der Waals surface area contributed by atoms with Crippen LogP contribution in [0.4, 0.5) is 18.0 Å². The lowest BCUT2D eigenvalue weighted by Gasteiger charge is -2.26. The summed E-state index contributed by atoms with van der Waals surface area (Å²) < 4.78 is 40.5. The molecule has 1 aromatic heterocycles. The highest BCUT2D eigenvalue weighted by Gasteiger charge is 2.32. The van der Waals surface area contributed by atoms with Crippen LogP contribution >= 0.6 is 0 Å². The normalized spacial score (nSPS) is 15.1. The molecule has 0 saturated carbocycles. The summed E-state index contributed by atoms with van der Waals surface area (Å²) in [6, 6.07) is 7.65. The molecule has 21 heavy (non-hydrogen) atoms.